The Balaban J connectivity index is 1.74. The zero-order valence-corrected chi connectivity index (χ0v) is 16.3. The summed E-state index contributed by atoms with van der Waals surface area (Å²) >= 11 is 0. The van der Waals surface area contributed by atoms with Gasteiger partial charge in [-0.05, 0) is 43.5 Å². The van der Waals surface area contributed by atoms with Crippen molar-refractivity contribution in [3.05, 3.63) is 53.0 Å². The second kappa shape index (κ2) is 6.99. The third kappa shape index (κ3) is 3.31. The van der Waals surface area contributed by atoms with E-state index in [2.05, 4.69) is 20.6 Å². The lowest BCUT2D eigenvalue weighted by Crippen LogP contribution is -2.25. The van der Waals surface area contributed by atoms with Crippen molar-refractivity contribution in [3.8, 4) is 0 Å². The van der Waals surface area contributed by atoms with Gasteiger partial charge >= 0.3 is 0 Å². The molecule has 0 bridgehead atoms. The van der Waals surface area contributed by atoms with Crippen LogP contribution in [0.3, 0.4) is 0 Å². The van der Waals surface area contributed by atoms with Crippen LogP contribution < -0.4 is 16.4 Å². The summed E-state index contributed by atoms with van der Waals surface area (Å²) in [6.07, 6.45) is 5.79. The van der Waals surface area contributed by atoms with Crippen molar-refractivity contribution < 1.29 is 4.79 Å². The number of nitrogens with two attached hydrogens (primary N) is 1. The maximum absolute atomic E-state index is 12.3. The fourth-order valence-corrected chi connectivity index (χ4v) is 3.30. The standard InChI is InChI=1S/C21H24N6O/c1-12-16(19-18(20(23-2)25-12)24-11-27(19)3)10-17(22)13-5-4-6-14(9-13)21(28)26-15-7-8-15/h4-6,9-11,15H,7-8,22H2,1-3H3,(H,23,25)(H,26,28)/b17-10-. The highest BCUT2D eigenvalue weighted by atomic mass is 16.1. The minimum Gasteiger partial charge on any atom is -0.398 e. The summed E-state index contributed by atoms with van der Waals surface area (Å²) in [6.45, 7) is 1.95. The minimum absolute atomic E-state index is 0.0533. The maximum atomic E-state index is 12.3. The Hall–Kier alpha value is -3.35. The highest BCUT2D eigenvalue weighted by Crippen LogP contribution is 2.28. The topological polar surface area (TPSA) is 97.9 Å². The normalized spacial score (nSPS) is 14.3. The van der Waals surface area contributed by atoms with Crippen LogP contribution in [0.25, 0.3) is 22.8 Å². The summed E-state index contributed by atoms with van der Waals surface area (Å²) in [5.41, 5.74) is 11.9. The summed E-state index contributed by atoms with van der Waals surface area (Å²) in [5, 5.41) is 6.10. The first-order chi connectivity index (χ1) is 13.5. The van der Waals surface area contributed by atoms with Crippen LogP contribution in [0.1, 0.15) is 40.0 Å². The lowest BCUT2D eigenvalue weighted by Gasteiger charge is -2.11. The maximum Gasteiger partial charge on any atom is 0.251 e. The van der Waals surface area contributed by atoms with Crippen LogP contribution >= 0.6 is 0 Å². The van der Waals surface area contributed by atoms with Crippen molar-refractivity contribution >= 4 is 34.5 Å². The lowest BCUT2D eigenvalue weighted by atomic mass is 10.0. The van der Waals surface area contributed by atoms with E-state index in [4.69, 9.17) is 5.73 Å². The average molecular weight is 376 g/mol. The zero-order chi connectivity index (χ0) is 19.8. The third-order valence-corrected chi connectivity index (χ3v) is 4.99. The average Bonchev–Trinajstić information content (AvgIpc) is 3.43. The Kier molecular flexibility index (Phi) is 4.50. The van der Waals surface area contributed by atoms with Crippen molar-refractivity contribution in [3.63, 3.8) is 0 Å². The Morgan fingerprint density at radius 1 is 1.32 bits per heavy atom. The van der Waals surface area contributed by atoms with E-state index >= 15 is 0 Å². The van der Waals surface area contributed by atoms with E-state index < -0.39 is 0 Å². The number of pyridine rings is 1. The molecule has 28 heavy (non-hydrogen) atoms. The SMILES string of the molecule is CNc1nc(C)c(/C=C(\N)c2cccc(C(=O)NC3CC3)c2)c2c1ncn2C. The number of benzene rings is 1. The number of carbonyl (C=O) groups is 1. The van der Waals surface area contributed by atoms with Gasteiger partial charge in [0.2, 0.25) is 0 Å². The van der Waals surface area contributed by atoms with E-state index in [0.29, 0.717) is 17.3 Å². The molecule has 1 aromatic carbocycles. The van der Waals surface area contributed by atoms with E-state index in [9.17, 15) is 4.79 Å². The number of rotatable bonds is 5. The number of aromatic nitrogens is 3. The number of aryl methyl sites for hydroxylation is 2. The fraction of sp³-hybridized carbons (Fsp3) is 0.286. The Bertz CT molecular complexity index is 1090. The summed E-state index contributed by atoms with van der Waals surface area (Å²) in [7, 11) is 3.78. The predicted octanol–water partition coefficient (Wildman–Crippen LogP) is 2.67. The molecule has 144 valence electrons. The van der Waals surface area contributed by atoms with Gasteiger partial charge in [0.25, 0.3) is 5.91 Å². The number of carbonyl (C=O) groups excluding carboxylic acids is 1. The number of amides is 1. The van der Waals surface area contributed by atoms with Crippen molar-refractivity contribution in [1.29, 1.82) is 0 Å². The van der Waals surface area contributed by atoms with Crippen molar-refractivity contribution in [2.75, 3.05) is 12.4 Å². The number of fused-ring (bicyclic) bond motifs is 1. The molecule has 2 heterocycles. The molecule has 1 saturated carbocycles. The number of hydrogen-bond donors (Lipinski definition) is 3. The van der Waals surface area contributed by atoms with Crippen LogP contribution in [-0.4, -0.2) is 33.5 Å². The first kappa shape index (κ1) is 18.0. The smallest absolute Gasteiger partial charge is 0.251 e. The number of nitrogens with zero attached hydrogens (tertiary/aromatic N) is 3. The molecule has 7 nitrogen and oxygen atoms in total. The van der Waals surface area contributed by atoms with Gasteiger partial charge in [-0.15, -0.1) is 0 Å². The van der Waals surface area contributed by atoms with Gasteiger partial charge in [0, 0.05) is 42.7 Å². The number of hydrogen-bond acceptors (Lipinski definition) is 5. The molecule has 0 saturated heterocycles. The summed E-state index contributed by atoms with van der Waals surface area (Å²) in [5.74, 6) is 0.685. The quantitative estimate of drug-likeness (QED) is 0.636. The van der Waals surface area contributed by atoms with Crippen LogP contribution in [0.4, 0.5) is 5.82 Å². The monoisotopic (exact) mass is 376 g/mol. The third-order valence-electron chi connectivity index (χ3n) is 4.99. The van der Waals surface area contributed by atoms with E-state index in [-0.39, 0.29) is 5.91 Å². The van der Waals surface area contributed by atoms with Crippen LogP contribution in [0.2, 0.25) is 0 Å². The van der Waals surface area contributed by atoms with Gasteiger partial charge in [-0.25, -0.2) is 9.97 Å². The summed E-state index contributed by atoms with van der Waals surface area (Å²) in [4.78, 5) is 21.4. The van der Waals surface area contributed by atoms with Crippen molar-refractivity contribution in [1.82, 2.24) is 19.9 Å². The van der Waals surface area contributed by atoms with Crippen molar-refractivity contribution in [2.45, 2.75) is 25.8 Å². The number of nitrogens with one attached hydrogen (secondary N) is 2. The Morgan fingerprint density at radius 3 is 2.79 bits per heavy atom. The molecule has 0 aliphatic heterocycles. The van der Waals surface area contributed by atoms with Gasteiger partial charge in [-0.3, -0.25) is 4.79 Å². The first-order valence-electron chi connectivity index (χ1n) is 9.35. The number of imidazole rings is 1. The van der Waals surface area contributed by atoms with Gasteiger partial charge in [0.1, 0.15) is 5.52 Å². The minimum atomic E-state index is -0.0533. The molecule has 4 rings (SSSR count). The molecular formula is C21H24N6O. The molecule has 0 radical (unpaired) electrons. The van der Waals surface area contributed by atoms with E-state index in [1.165, 1.54) is 0 Å². The molecule has 0 atom stereocenters. The zero-order valence-electron chi connectivity index (χ0n) is 16.3. The molecule has 4 N–H and O–H groups in total. The van der Waals surface area contributed by atoms with Crippen LogP contribution in [-0.2, 0) is 7.05 Å². The molecule has 1 aliphatic carbocycles. The predicted molar refractivity (Wildman–Crippen MR) is 112 cm³/mol. The molecule has 3 aromatic rings. The number of anilines is 1. The molecule has 0 unspecified atom stereocenters. The molecule has 2 aromatic heterocycles. The van der Waals surface area contributed by atoms with Crippen LogP contribution in [0.5, 0.6) is 0 Å². The van der Waals surface area contributed by atoms with Gasteiger partial charge in [0.15, 0.2) is 5.82 Å². The summed E-state index contributed by atoms with van der Waals surface area (Å²) in [6, 6.07) is 7.72. The van der Waals surface area contributed by atoms with Gasteiger partial charge in [0.05, 0.1) is 11.8 Å². The largest absolute Gasteiger partial charge is 0.398 e. The Labute approximate surface area is 163 Å². The second-order valence-electron chi connectivity index (χ2n) is 7.19. The Morgan fingerprint density at radius 2 is 2.07 bits per heavy atom. The van der Waals surface area contributed by atoms with Gasteiger partial charge in [-0.2, -0.15) is 0 Å². The highest BCUT2D eigenvalue weighted by molar-refractivity contribution is 5.98. The first-order valence-corrected chi connectivity index (χ1v) is 9.35. The second-order valence-corrected chi connectivity index (χ2v) is 7.19. The highest BCUT2D eigenvalue weighted by Gasteiger charge is 2.23. The van der Waals surface area contributed by atoms with E-state index in [0.717, 1.165) is 46.5 Å². The molecule has 1 amide bonds. The van der Waals surface area contributed by atoms with Crippen molar-refractivity contribution in [2.24, 2.45) is 12.8 Å². The molecule has 1 aliphatic rings. The molecule has 0 spiro atoms. The molecular weight excluding hydrogens is 352 g/mol. The fourth-order valence-electron chi connectivity index (χ4n) is 3.30. The molecule has 7 heteroatoms. The summed E-state index contributed by atoms with van der Waals surface area (Å²) < 4.78 is 1.96. The molecule has 1 fully saturated rings. The van der Waals surface area contributed by atoms with Gasteiger partial charge in [-0.1, -0.05) is 12.1 Å². The van der Waals surface area contributed by atoms with Crippen LogP contribution in [0, 0.1) is 6.92 Å². The van der Waals surface area contributed by atoms with Gasteiger partial charge < -0.3 is 20.9 Å². The van der Waals surface area contributed by atoms with Crippen LogP contribution in [0.15, 0.2) is 30.6 Å². The lowest BCUT2D eigenvalue weighted by molar-refractivity contribution is 0.0951. The van der Waals surface area contributed by atoms with E-state index in [1.54, 1.807) is 6.33 Å². The van der Waals surface area contributed by atoms with E-state index in [1.807, 2.05) is 55.9 Å².